The van der Waals surface area contributed by atoms with Gasteiger partial charge < -0.3 is 78.4 Å². The van der Waals surface area contributed by atoms with E-state index >= 15 is 0 Å². The molecule has 8 N–H and O–H groups in total. The van der Waals surface area contributed by atoms with Crippen molar-refractivity contribution in [2.24, 2.45) is 0 Å². The molecule has 3 aromatic rings. The topological polar surface area (TPSA) is 274 Å². The molecule has 1 aromatic heterocycles. The highest BCUT2D eigenvalue weighted by Gasteiger charge is 2.51. The molecule has 0 radical (unpaired) electrons. The highest BCUT2D eigenvalue weighted by atomic mass is 16.8. The molecule has 18 nitrogen and oxygen atoms in total. The number of aliphatic hydroxyl groups excluding tert-OH is 5. The van der Waals surface area contributed by atoms with E-state index < -0.39 is 113 Å². The van der Waals surface area contributed by atoms with Crippen LogP contribution in [0.25, 0.3) is 22.3 Å². The maximum absolute atomic E-state index is 13.3. The molecule has 0 saturated carbocycles. The highest BCUT2D eigenvalue weighted by Crippen LogP contribution is 2.45. The van der Waals surface area contributed by atoms with Gasteiger partial charge in [-0.1, -0.05) is 0 Å². The summed E-state index contributed by atoms with van der Waals surface area (Å²) in [5, 5.41) is 84.1. The van der Waals surface area contributed by atoms with Gasteiger partial charge in [-0.15, -0.1) is 0 Å². The van der Waals surface area contributed by atoms with E-state index in [2.05, 4.69) is 0 Å². The monoisotopic (exact) mass is 696 g/mol. The van der Waals surface area contributed by atoms with Crippen molar-refractivity contribution in [2.45, 2.75) is 75.3 Å². The van der Waals surface area contributed by atoms with Gasteiger partial charge in [-0.05, 0) is 25.1 Å². The average Bonchev–Trinajstić information content (AvgIpc) is 3.06. The van der Waals surface area contributed by atoms with E-state index in [1.54, 1.807) is 0 Å². The fourth-order valence-electron chi connectivity index (χ4n) is 5.48. The molecule has 18 heteroatoms. The lowest BCUT2D eigenvalue weighted by Gasteiger charge is -2.45. The molecule has 2 fully saturated rings. The van der Waals surface area contributed by atoms with E-state index in [1.165, 1.54) is 32.2 Å². The lowest BCUT2D eigenvalue weighted by Crippen LogP contribution is -2.64. The van der Waals surface area contributed by atoms with Crippen LogP contribution in [-0.4, -0.2) is 129 Å². The van der Waals surface area contributed by atoms with E-state index in [9.17, 15) is 50.4 Å². The summed E-state index contributed by atoms with van der Waals surface area (Å²) in [7, 11) is 2.44. The van der Waals surface area contributed by atoms with Crippen molar-refractivity contribution >= 4 is 16.9 Å². The summed E-state index contributed by atoms with van der Waals surface area (Å²) < 4.78 is 44.4. The van der Waals surface area contributed by atoms with Gasteiger partial charge in [-0.2, -0.15) is 0 Å². The molecule has 2 aliphatic rings. The fraction of sp³-hybridized carbons (Fsp3) is 0.484. The molecule has 0 spiro atoms. The van der Waals surface area contributed by atoms with Crippen molar-refractivity contribution in [3.8, 4) is 45.8 Å². The largest absolute Gasteiger partial charge is 0.507 e. The number of benzene rings is 2. The number of ether oxygens (including phenoxy) is 7. The van der Waals surface area contributed by atoms with Crippen LogP contribution in [0.4, 0.5) is 0 Å². The SMILES string of the molecule is COc1cc(-c2oc3c(OC)c(O[C@@H]4O[C@@H](COC(C)=O)[C@@H](O)[C@H](O)[C@@H]4O[C@@H]4O[C@H](C)[C@H](O)[C@H](O)[C@H]4O)cc(O)c3c(=O)c2O)ccc1O. The zero-order valence-electron chi connectivity index (χ0n) is 26.5. The van der Waals surface area contributed by atoms with E-state index in [4.69, 9.17) is 37.6 Å². The van der Waals surface area contributed by atoms with Gasteiger partial charge in [0.1, 0.15) is 54.4 Å². The zero-order chi connectivity index (χ0) is 35.9. The van der Waals surface area contributed by atoms with Crippen LogP contribution in [0.15, 0.2) is 33.5 Å². The molecule has 0 bridgehead atoms. The number of methoxy groups -OCH3 is 2. The number of hydrogen-bond donors (Lipinski definition) is 8. The van der Waals surface area contributed by atoms with Crippen molar-refractivity contribution in [3.05, 3.63) is 34.5 Å². The fourth-order valence-corrected chi connectivity index (χ4v) is 5.48. The summed E-state index contributed by atoms with van der Waals surface area (Å²) in [5.74, 6) is -3.77. The van der Waals surface area contributed by atoms with Crippen LogP contribution in [0.5, 0.6) is 34.5 Å². The number of hydrogen-bond acceptors (Lipinski definition) is 18. The molecule has 0 unspecified atom stereocenters. The zero-order valence-corrected chi connectivity index (χ0v) is 26.5. The molecule has 2 aliphatic heterocycles. The summed E-state index contributed by atoms with van der Waals surface area (Å²) in [5.41, 5.74) is -1.41. The van der Waals surface area contributed by atoms with E-state index in [1.807, 2.05) is 0 Å². The van der Waals surface area contributed by atoms with Crippen LogP contribution < -0.4 is 19.6 Å². The predicted octanol–water partition coefficient (Wildman–Crippen LogP) is -0.805. The Morgan fingerprint density at radius 3 is 2.20 bits per heavy atom. The number of aromatic hydroxyl groups is 3. The van der Waals surface area contributed by atoms with Gasteiger partial charge in [-0.3, -0.25) is 9.59 Å². The van der Waals surface area contributed by atoms with Gasteiger partial charge in [0, 0.05) is 18.6 Å². The minimum Gasteiger partial charge on any atom is -0.507 e. The number of esters is 1. The van der Waals surface area contributed by atoms with E-state index in [0.717, 1.165) is 20.1 Å². The molecule has 5 rings (SSSR count). The molecule has 2 aromatic carbocycles. The Labute approximate surface area is 276 Å². The smallest absolute Gasteiger partial charge is 0.302 e. The number of rotatable bonds is 9. The molecule has 0 aliphatic carbocycles. The van der Waals surface area contributed by atoms with Crippen LogP contribution in [0, 0.1) is 0 Å². The summed E-state index contributed by atoms with van der Waals surface area (Å²) in [6.07, 6.45) is -16.4. The summed E-state index contributed by atoms with van der Waals surface area (Å²) in [6.45, 7) is 1.93. The van der Waals surface area contributed by atoms with Crippen molar-refractivity contribution < 1.29 is 83.2 Å². The third-order valence-electron chi connectivity index (χ3n) is 8.13. The second-order valence-electron chi connectivity index (χ2n) is 11.4. The van der Waals surface area contributed by atoms with Gasteiger partial charge in [0.05, 0.1) is 20.3 Å². The van der Waals surface area contributed by atoms with Gasteiger partial charge in [0.2, 0.25) is 23.2 Å². The summed E-state index contributed by atoms with van der Waals surface area (Å²) in [4.78, 5) is 24.8. The van der Waals surface area contributed by atoms with Gasteiger partial charge in [-0.25, -0.2) is 0 Å². The van der Waals surface area contributed by atoms with Gasteiger partial charge in [0.15, 0.2) is 41.0 Å². The number of carbonyl (C=O) groups excluding carboxylic acids is 1. The van der Waals surface area contributed by atoms with Crippen LogP contribution in [0.2, 0.25) is 0 Å². The van der Waals surface area contributed by atoms with E-state index in [-0.39, 0.29) is 22.8 Å². The molecular weight excluding hydrogens is 660 g/mol. The summed E-state index contributed by atoms with van der Waals surface area (Å²) in [6, 6.07) is 4.73. The molecule has 0 amide bonds. The minimum atomic E-state index is -1.89. The first-order chi connectivity index (χ1) is 23.2. The quantitative estimate of drug-likeness (QED) is 0.127. The first-order valence-electron chi connectivity index (χ1n) is 14.8. The van der Waals surface area contributed by atoms with Crippen molar-refractivity contribution in [3.63, 3.8) is 0 Å². The second-order valence-corrected chi connectivity index (χ2v) is 11.4. The minimum absolute atomic E-state index is 0.0143. The third-order valence-corrected chi connectivity index (χ3v) is 8.13. The normalized spacial score (nSPS) is 30.1. The number of carbonyl (C=O) groups is 1. The Morgan fingerprint density at radius 2 is 1.55 bits per heavy atom. The maximum Gasteiger partial charge on any atom is 0.302 e. The lowest BCUT2D eigenvalue weighted by atomic mass is 9.97. The molecule has 2 saturated heterocycles. The van der Waals surface area contributed by atoms with Crippen LogP contribution >= 0.6 is 0 Å². The Bertz CT molecular complexity index is 1740. The van der Waals surface area contributed by atoms with Crippen molar-refractivity contribution in [1.29, 1.82) is 0 Å². The van der Waals surface area contributed by atoms with Crippen LogP contribution in [0.3, 0.4) is 0 Å². The van der Waals surface area contributed by atoms with Crippen LogP contribution in [-0.2, 0) is 23.7 Å². The Morgan fingerprint density at radius 1 is 0.837 bits per heavy atom. The molecule has 49 heavy (non-hydrogen) atoms. The first kappa shape index (κ1) is 35.9. The Kier molecular flexibility index (Phi) is 10.4. The lowest BCUT2D eigenvalue weighted by molar-refractivity contribution is -0.354. The molecular formula is C31H36O18. The Balaban J connectivity index is 1.59. The third kappa shape index (κ3) is 6.77. The summed E-state index contributed by atoms with van der Waals surface area (Å²) >= 11 is 0. The molecule has 268 valence electrons. The standard InChI is InChI=1S/C31H36O18/c1-10-19(35)22(38)25(41)30(45-10)49-29-23(39)20(36)17(9-44-11(2)32)47-31(29)46-16-8-14(34)18-21(37)24(40)26(48-28(18)27(16)43-4)12-5-6-13(33)15(7-12)42-3/h5-8,10,17,19-20,22-23,25,29-31,33-36,38-41H,9H2,1-4H3/t10-,17+,19+,20-,22+,23+,25-,29+,30+,31-/m1/s1. The number of aliphatic hydroxyl groups is 5. The number of phenolic OH excluding ortho intramolecular Hbond substituents is 2. The van der Waals surface area contributed by atoms with Crippen LogP contribution in [0.1, 0.15) is 13.8 Å². The van der Waals surface area contributed by atoms with Gasteiger partial charge >= 0.3 is 5.97 Å². The second kappa shape index (κ2) is 14.2. The molecule has 3 heterocycles. The van der Waals surface area contributed by atoms with Gasteiger partial charge in [0.25, 0.3) is 0 Å². The number of phenols is 2. The van der Waals surface area contributed by atoms with Crippen molar-refractivity contribution in [1.82, 2.24) is 0 Å². The Hall–Kier alpha value is -4.40. The molecule has 10 atom stereocenters. The average molecular weight is 697 g/mol. The maximum atomic E-state index is 13.3. The predicted molar refractivity (Wildman–Crippen MR) is 161 cm³/mol. The van der Waals surface area contributed by atoms with Crippen molar-refractivity contribution in [2.75, 3.05) is 20.8 Å². The number of fused-ring (bicyclic) bond motifs is 1. The first-order valence-corrected chi connectivity index (χ1v) is 14.8. The highest BCUT2D eigenvalue weighted by molar-refractivity contribution is 5.93. The van der Waals surface area contributed by atoms with E-state index in [0.29, 0.717) is 0 Å².